The van der Waals surface area contributed by atoms with Crippen molar-refractivity contribution in [3.63, 3.8) is 0 Å². The molecule has 8 rings (SSSR count). The second-order valence-corrected chi connectivity index (χ2v) is 16.8. The monoisotopic (exact) mass is 913 g/mol. The van der Waals surface area contributed by atoms with E-state index in [4.69, 9.17) is 14.2 Å². The van der Waals surface area contributed by atoms with Gasteiger partial charge in [-0.3, -0.25) is 29.3 Å². The SMILES string of the molecule is CCc1ccc2c(c1)c(=O)c(C(=O)Nc1ccc(Oc3ncnc4cc(OCCCCCCCC(O)Nc5cccc6c5C(=O)N(C5CCC(=O)NC5=O)C6)c(OC)cc34)c(F)c1)c(C)n2C. The molecule has 4 N–H and O–H groups in total. The predicted molar refractivity (Wildman–Crippen MR) is 249 cm³/mol. The lowest BCUT2D eigenvalue weighted by Gasteiger charge is -2.29. The number of nitrogens with one attached hydrogen (secondary N) is 3. The van der Waals surface area contributed by atoms with E-state index in [0.29, 0.717) is 63.3 Å². The van der Waals surface area contributed by atoms with Crippen LogP contribution >= 0.6 is 0 Å². The Labute approximate surface area is 385 Å². The van der Waals surface area contributed by atoms with Crippen molar-refractivity contribution in [2.45, 2.75) is 90.4 Å². The lowest BCUT2D eigenvalue weighted by atomic mass is 10.0. The molecule has 2 atom stereocenters. The molecule has 2 unspecified atom stereocenters. The van der Waals surface area contributed by atoms with Gasteiger partial charge in [-0.2, -0.15) is 0 Å². The number of aliphatic hydroxyl groups excluding tert-OH is 1. The van der Waals surface area contributed by atoms with Crippen molar-refractivity contribution in [2.75, 3.05) is 24.4 Å². The summed E-state index contributed by atoms with van der Waals surface area (Å²) in [6.07, 6.45) is 6.26. The minimum Gasteiger partial charge on any atom is -0.493 e. The van der Waals surface area contributed by atoms with Crippen LogP contribution in [-0.2, 0) is 29.6 Å². The number of carbonyl (C=O) groups is 4. The van der Waals surface area contributed by atoms with Gasteiger partial charge in [0, 0.05) is 54.6 Å². The van der Waals surface area contributed by atoms with Gasteiger partial charge in [0.1, 0.15) is 24.2 Å². The standard InChI is InChI=1S/C50H52FN7O9/c1-5-29-15-17-37-33(22-29)46(61)44(28(2)57(37)3)48(63)54-31-16-19-39(34(51)23-31)67-49-32-24-40(65-4)41(25-36(32)52-27-53-49)66-21-10-8-6-7-9-14-42(59)55-35-13-11-12-30-26-58(50(64)45(30)35)38-18-20-43(60)56-47(38)62/h11-13,15-17,19,22-25,27,38,42,55,59H,5-10,14,18,20-21,26H2,1-4H3,(H,54,63)(H,56,60,62). The number of amides is 4. The van der Waals surface area contributed by atoms with E-state index >= 15 is 4.39 Å². The molecule has 4 amide bonds. The number of aliphatic hydroxyl groups is 1. The number of carbonyl (C=O) groups excluding carboxylic acids is 4. The smallest absolute Gasteiger partial charge is 0.261 e. The molecule has 67 heavy (non-hydrogen) atoms. The third-order valence-corrected chi connectivity index (χ3v) is 12.4. The minimum absolute atomic E-state index is 0.0234. The summed E-state index contributed by atoms with van der Waals surface area (Å²) >= 11 is 0. The largest absolute Gasteiger partial charge is 0.493 e. The van der Waals surface area contributed by atoms with Gasteiger partial charge in [-0.25, -0.2) is 14.4 Å². The molecule has 0 radical (unpaired) electrons. The zero-order chi connectivity index (χ0) is 47.4. The Balaban J connectivity index is 0.809. The van der Waals surface area contributed by atoms with Crippen LogP contribution in [0.3, 0.4) is 0 Å². The predicted octanol–water partition coefficient (Wildman–Crippen LogP) is 7.46. The average molecular weight is 914 g/mol. The molecule has 16 nitrogen and oxygen atoms in total. The van der Waals surface area contributed by atoms with Gasteiger partial charge in [-0.05, 0) is 86.6 Å². The highest BCUT2D eigenvalue weighted by Gasteiger charge is 2.40. The Morgan fingerprint density at radius 3 is 2.54 bits per heavy atom. The van der Waals surface area contributed by atoms with Gasteiger partial charge >= 0.3 is 0 Å². The minimum atomic E-state index is -0.874. The highest BCUT2D eigenvalue weighted by atomic mass is 19.1. The van der Waals surface area contributed by atoms with Gasteiger partial charge < -0.3 is 39.4 Å². The summed E-state index contributed by atoms with van der Waals surface area (Å²) in [4.78, 5) is 74.5. The highest BCUT2D eigenvalue weighted by Crippen LogP contribution is 2.37. The van der Waals surface area contributed by atoms with E-state index in [1.54, 1.807) is 42.8 Å². The third kappa shape index (κ3) is 9.77. The first-order valence-corrected chi connectivity index (χ1v) is 22.4. The number of pyridine rings is 1. The summed E-state index contributed by atoms with van der Waals surface area (Å²) in [7, 11) is 3.30. The molecule has 1 fully saturated rings. The Hall–Kier alpha value is -7.40. The summed E-state index contributed by atoms with van der Waals surface area (Å²) < 4.78 is 35.0. The molecular formula is C50H52FN7O9. The van der Waals surface area contributed by atoms with Gasteiger partial charge in [0.05, 0.1) is 35.7 Å². The Bertz CT molecular complexity index is 2980. The molecule has 4 aromatic carbocycles. The number of halogens is 1. The zero-order valence-corrected chi connectivity index (χ0v) is 37.7. The third-order valence-electron chi connectivity index (χ3n) is 12.4. The number of hydrogen-bond acceptors (Lipinski definition) is 12. The molecule has 2 aliphatic rings. The molecule has 0 aliphatic carbocycles. The maximum Gasteiger partial charge on any atom is 0.261 e. The number of fused-ring (bicyclic) bond motifs is 3. The summed E-state index contributed by atoms with van der Waals surface area (Å²) in [6.45, 7) is 4.36. The van der Waals surface area contributed by atoms with Crippen LogP contribution in [0.4, 0.5) is 15.8 Å². The van der Waals surface area contributed by atoms with Crippen molar-refractivity contribution in [1.82, 2.24) is 24.8 Å². The van der Waals surface area contributed by atoms with Crippen LogP contribution in [0.5, 0.6) is 23.1 Å². The summed E-state index contributed by atoms with van der Waals surface area (Å²) in [6, 6.07) is 17.6. The molecule has 348 valence electrons. The fourth-order valence-electron chi connectivity index (χ4n) is 8.68. The van der Waals surface area contributed by atoms with Crippen LogP contribution in [-0.4, -0.2) is 74.2 Å². The molecule has 0 spiro atoms. The average Bonchev–Trinajstić information content (AvgIpc) is 3.65. The normalized spacial score (nSPS) is 15.1. The number of rotatable bonds is 18. The molecule has 2 aromatic heterocycles. The Morgan fingerprint density at radius 1 is 0.955 bits per heavy atom. The van der Waals surface area contributed by atoms with E-state index in [2.05, 4.69) is 25.9 Å². The van der Waals surface area contributed by atoms with Gasteiger partial charge in [0.2, 0.25) is 23.1 Å². The Morgan fingerprint density at radius 2 is 1.76 bits per heavy atom. The van der Waals surface area contributed by atoms with Crippen molar-refractivity contribution < 1.29 is 42.9 Å². The summed E-state index contributed by atoms with van der Waals surface area (Å²) in [5.41, 5.74) is 4.07. The number of piperidine rings is 1. The van der Waals surface area contributed by atoms with Crippen LogP contribution < -0.4 is 35.6 Å². The highest BCUT2D eigenvalue weighted by molar-refractivity contribution is 6.08. The van der Waals surface area contributed by atoms with Crippen LogP contribution in [0, 0.1) is 12.7 Å². The van der Waals surface area contributed by atoms with Crippen molar-refractivity contribution in [3.8, 4) is 23.1 Å². The number of ether oxygens (including phenoxy) is 3. The van der Waals surface area contributed by atoms with Gasteiger partial charge in [-0.1, -0.05) is 44.4 Å². The van der Waals surface area contributed by atoms with Gasteiger partial charge in [0.15, 0.2) is 23.1 Å². The zero-order valence-electron chi connectivity index (χ0n) is 37.7. The second-order valence-electron chi connectivity index (χ2n) is 16.8. The van der Waals surface area contributed by atoms with Crippen LogP contribution in [0.1, 0.15) is 95.8 Å². The van der Waals surface area contributed by atoms with E-state index in [1.807, 2.05) is 31.2 Å². The number of anilines is 2. The summed E-state index contributed by atoms with van der Waals surface area (Å²) in [5.74, 6) is -1.73. The first-order valence-electron chi connectivity index (χ1n) is 22.4. The molecule has 0 bridgehead atoms. The van der Waals surface area contributed by atoms with Crippen molar-refractivity contribution in [1.29, 1.82) is 0 Å². The van der Waals surface area contributed by atoms with Crippen LogP contribution in [0.25, 0.3) is 21.8 Å². The molecule has 1 saturated heterocycles. The van der Waals surface area contributed by atoms with Gasteiger partial charge in [0.25, 0.3) is 11.8 Å². The molecule has 2 aliphatic heterocycles. The molecular weight excluding hydrogens is 862 g/mol. The van der Waals surface area contributed by atoms with E-state index < -0.39 is 35.3 Å². The number of imide groups is 1. The number of hydrogen-bond donors (Lipinski definition) is 4. The number of aromatic nitrogens is 3. The van der Waals surface area contributed by atoms with Crippen molar-refractivity contribution in [3.05, 3.63) is 117 Å². The van der Waals surface area contributed by atoms with Gasteiger partial charge in [-0.15, -0.1) is 0 Å². The number of unbranched alkanes of at least 4 members (excludes halogenated alkanes) is 4. The maximum atomic E-state index is 15.6. The molecule has 4 heterocycles. The fourth-order valence-corrected chi connectivity index (χ4v) is 8.68. The van der Waals surface area contributed by atoms with Crippen LogP contribution in [0.2, 0.25) is 0 Å². The Kier molecular flexibility index (Phi) is 13.8. The number of aryl methyl sites for hydroxylation is 2. The maximum absolute atomic E-state index is 15.6. The van der Waals surface area contributed by atoms with Crippen molar-refractivity contribution in [2.24, 2.45) is 7.05 Å². The topological polar surface area (TPSA) is 203 Å². The number of nitrogens with zero attached hydrogens (tertiary/aromatic N) is 4. The van der Waals surface area contributed by atoms with E-state index in [1.165, 1.54) is 30.5 Å². The second kappa shape index (κ2) is 20.0. The first-order chi connectivity index (χ1) is 32.3. The quantitative estimate of drug-likeness (QED) is 0.0377. The first kappa shape index (κ1) is 46.1. The summed E-state index contributed by atoms with van der Waals surface area (Å²) in [5, 5.41) is 19.7. The van der Waals surface area contributed by atoms with E-state index in [0.717, 1.165) is 55.7 Å². The van der Waals surface area contributed by atoms with E-state index in [-0.39, 0.29) is 54.1 Å². The van der Waals surface area contributed by atoms with Crippen molar-refractivity contribution >= 4 is 56.8 Å². The fraction of sp³-hybridized carbons (Fsp3) is 0.340. The molecule has 0 saturated carbocycles. The molecule has 17 heteroatoms. The number of methoxy groups -OCH3 is 1. The van der Waals surface area contributed by atoms with Crippen LogP contribution in [0.15, 0.2) is 77.9 Å². The lowest BCUT2D eigenvalue weighted by Crippen LogP contribution is -2.52. The van der Waals surface area contributed by atoms with E-state index in [9.17, 15) is 29.1 Å². The number of benzene rings is 4. The molecule has 6 aromatic rings. The lowest BCUT2D eigenvalue weighted by molar-refractivity contribution is -0.136.